The first kappa shape index (κ1) is 19.1. The molecule has 6 heteroatoms. The predicted molar refractivity (Wildman–Crippen MR) is 99.7 cm³/mol. The highest BCUT2D eigenvalue weighted by Gasteiger charge is 2.30. The second-order valence-corrected chi connectivity index (χ2v) is 8.46. The van der Waals surface area contributed by atoms with Crippen LogP contribution in [0.1, 0.15) is 39.5 Å². The summed E-state index contributed by atoms with van der Waals surface area (Å²) in [5.41, 5.74) is -0.0145. The van der Waals surface area contributed by atoms with Crippen LogP contribution < -0.4 is 5.32 Å². The van der Waals surface area contributed by atoms with Gasteiger partial charge in [0.2, 0.25) is 5.91 Å². The summed E-state index contributed by atoms with van der Waals surface area (Å²) in [7, 11) is 0. The molecule has 0 bridgehead atoms. The first-order valence-corrected chi connectivity index (χ1v) is 10.1. The number of nitrogens with one attached hydrogen (secondary N) is 1. The van der Waals surface area contributed by atoms with Gasteiger partial charge in [-0.15, -0.1) is 0 Å². The number of hydrogen-bond donors (Lipinski definition) is 1. The van der Waals surface area contributed by atoms with Gasteiger partial charge < -0.3 is 10.1 Å². The van der Waals surface area contributed by atoms with Crippen molar-refractivity contribution in [1.82, 2.24) is 20.0 Å². The Bertz CT molecular complexity index is 431. The standard InChI is InChI=1S/C19H36N4O2/c1-19(2,23-10-12-25-13-11-23)16-20-18(24)15-21-7-5-6-17(14-21)22-8-3-4-9-22/h17H,3-16H2,1-2H3,(H,20,24). The Kier molecular flexibility index (Phi) is 6.72. The van der Waals surface area contributed by atoms with Gasteiger partial charge in [-0.2, -0.15) is 0 Å². The van der Waals surface area contributed by atoms with E-state index in [9.17, 15) is 4.79 Å². The number of rotatable bonds is 6. The molecule has 3 fully saturated rings. The maximum absolute atomic E-state index is 12.5. The summed E-state index contributed by atoms with van der Waals surface area (Å²) in [5, 5.41) is 3.18. The topological polar surface area (TPSA) is 48.1 Å². The molecule has 1 amide bonds. The predicted octanol–water partition coefficient (Wildman–Crippen LogP) is 0.774. The molecule has 3 saturated heterocycles. The summed E-state index contributed by atoms with van der Waals surface area (Å²) in [6.45, 7) is 13.8. The van der Waals surface area contributed by atoms with E-state index in [1.54, 1.807) is 0 Å². The number of morpholine rings is 1. The van der Waals surface area contributed by atoms with E-state index >= 15 is 0 Å². The highest BCUT2D eigenvalue weighted by molar-refractivity contribution is 5.78. The van der Waals surface area contributed by atoms with Crippen LogP contribution in [0.3, 0.4) is 0 Å². The number of piperidine rings is 1. The fourth-order valence-corrected chi connectivity index (χ4v) is 4.43. The van der Waals surface area contributed by atoms with Crippen molar-refractivity contribution >= 4 is 5.91 Å². The molecule has 0 radical (unpaired) electrons. The van der Waals surface area contributed by atoms with Gasteiger partial charge in [0.1, 0.15) is 0 Å². The van der Waals surface area contributed by atoms with Crippen molar-refractivity contribution in [2.45, 2.75) is 51.1 Å². The smallest absolute Gasteiger partial charge is 0.234 e. The number of likely N-dealkylation sites (tertiary alicyclic amines) is 2. The van der Waals surface area contributed by atoms with Gasteiger partial charge >= 0.3 is 0 Å². The molecule has 6 nitrogen and oxygen atoms in total. The lowest BCUT2D eigenvalue weighted by atomic mass is 10.0. The van der Waals surface area contributed by atoms with E-state index in [0.717, 1.165) is 39.4 Å². The van der Waals surface area contributed by atoms with E-state index in [0.29, 0.717) is 19.1 Å². The maximum atomic E-state index is 12.5. The van der Waals surface area contributed by atoms with Crippen LogP contribution in [0.25, 0.3) is 0 Å². The molecule has 25 heavy (non-hydrogen) atoms. The van der Waals surface area contributed by atoms with Crippen LogP contribution in [0.2, 0.25) is 0 Å². The zero-order valence-corrected chi connectivity index (χ0v) is 16.1. The number of hydrogen-bond acceptors (Lipinski definition) is 5. The number of carbonyl (C=O) groups excluding carboxylic acids is 1. The molecule has 0 spiro atoms. The monoisotopic (exact) mass is 352 g/mol. The molecule has 0 saturated carbocycles. The van der Waals surface area contributed by atoms with Crippen molar-refractivity contribution in [3.8, 4) is 0 Å². The van der Waals surface area contributed by atoms with Crippen LogP contribution in [-0.4, -0.2) is 97.8 Å². The van der Waals surface area contributed by atoms with Crippen LogP contribution in [0.4, 0.5) is 0 Å². The van der Waals surface area contributed by atoms with Gasteiger partial charge in [-0.3, -0.25) is 19.5 Å². The zero-order chi connectivity index (χ0) is 17.7. The molecule has 3 heterocycles. The zero-order valence-electron chi connectivity index (χ0n) is 16.1. The van der Waals surface area contributed by atoms with Crippen molar-refractivity contribution in [3.05, 3.63) is 0 Å². The van der Waals surface area contributed by atoms with Crippen molar-refractivity contribution in [2.24, 2.45) is 0 Å². The van der Waals surface area contributed by atoms with Gasteiger partial charge in [-0.05, 0) is 59.2 Å². The van der Waals surface area contributed by atoms with Gasteiger partial charge in [0.25, 0.3) is 0 Å². The SMILES string of the molecule is CC(C)(CNC(=O)CN1CCCC(N2CCCC2)C1)N1CCOCC1. The van der Waals surface area contributed by atoms with Gasteiger partial charge in [0.05, 0.1) is 19.8 Å². The van der Waals surface area contributed by atoms with Gasteiger partial charge in [-0.25, -0.2) is 0 Å². The quantitative estimate of drug-likeness (QED) is 0.765. The number of nitrogens with zero attached hydrogens (tertiary/aromatic N) is 3. The summed E-state index contributed by atoms with van der Waals surface area (Å²) < 4.78 is 5.43. The molecular weight excluding hydrogens is 316 g/mol. The fourth-order valence-electron chi connectivity index (χ4n) is 4.43. The summed E-state index contributed by atoms with van der Waals surface area (Å²) in [6.07, 6.45) is 5.19. The first-order chi connectivity index (χ1) is 12.0. The molecule has 3 aliphatic heterocycles. The fraction of sp³-hybridized carbons (Fsp3) is 0.947. The molecule has 1 unspecified atom stereocenters. The van der Waals surface area contributed by atoms with Crippen molar-refractivity contribution < 1.29 is 9.53 Å². The molecule has 0 aromatic heterocycles. The molecule has 0 aliphatic carbocycles. The van der Waals surface area contributed by atoms with E-state index in [1.807, 2.05) is 0 Å². The van der Waals surface area contributed by atoms with Gasteiger partial charge in [0, 0.05) is 37.8 Å². The minimum absolute atomic E-state index is 0.0145. The Balaban J connectivity index is 1.40. The van der Waals surface area contributed by atoms with E-state index in [-0.39, 0.29) is 11.4 Å². The third-order valence-corrected chi connectivity index (χ3v) is 6.09. The minimum Gasteiger partial charge on any atom is -0.379 e. The molecular formula is C19H36N4O2. The molecule has 1 atom stereocenters. The second-order valence-electron chi connectivity index (χ2n) is 8.46. The summed E-state index contributed by atoms with van der Waals surface area (Å²) in [5.74, 6) is 0.170. The van der Waals surface area contributed by atoms with Crippen LogP contribution in [0.15, 0.2) is 0 Å². The van der Waals surface area contributed by atoms with Crippen LogP contribution in [0.5, 0.6) is 0 Å². The third-order valence-electron chi connectivity index (χ3n) is 6.09. The summed E-state index contributed by atoms with van der Waals surface area (Å²) in [6, 6.07) is 0.661. The van der Waals surface area contributed by atoms with E-state index in [2.05, 4.69) is 33.9 Å². The van der Waals surface area contributed by atoms with E-state index < -0.39 is 0 Å². The van der Waals surface area contributed by atoms with E-state index in [1.165, 1.54) is 38.8 Å². The van der Waals surface area contributed by atoms with Crippen molar-refractivity contribution in [3.63, 3.8) is 0 Å². The minimum atomic E-state index is -0.0145. The average molecular weight is 353 g/mol. The number of amides is 1. The Labute approximate surface area is 152 Å². The molecule has 0 aromatic rings. The van der Waals surface area contributed by atoms with Crippen molar-refractivity contribution in [2.75, 3.05) is 65.6 Å². The molecule has 1 N–H and O–H groups in total. The number of ether oxygens (including phenoxy) is 1. The largest absolute Gasteiger partial charge is 0.379 e. The molecule has 3 rings (SSSR count). The highest BCUT2D eigenvalue weighted by atomic mass is 16.5. The Morgan fingerprint density at radius 1 is 1.08 bits per heavy atom. The highest BCUT2D eigenvalue weighted by Crippen LogP contribution is 2.20. The molecule has 3 aliphatic rings. The lowest BCUT2D eigenvalue weighted by molar-refractivity contribution is -0.123. The first-order valence-electron chi connectivity index (χ1n) is 10.1. The maximum Gasteiger partial charge on any atom is 0.234 e. The molecule has 0 aromatic carbocycles. The lowest BCUT2D eigenvalue weighted by Gasteiger charge is -2.41. The van der Waals surface area contributed by atoms with Gasteiger partial charge in [-0.1, -0.05) is 0 Å². The summed E-state index contributed by atoms with van der Waals surface area (Å²) >= 11 is 0. The normalized spacial score (nSPS) is 27.5. The molecule has 144 valence electrons. The Morgan fingerprint density at radius 2 is 1.80 bits per heavy atom. The van der Waals surface area contributed by atoms with Crippen LogP contribution in [0, 0.1) is 0 Å². The van der Waals surface area contributed by atoms with Crippen LogP contribution in [-0.2, 0) is 9.53 Å². The number of carbonyl (C=O) groups is 1. The second kappa shape index (κ2) is 8.80. The van der Waals surface area contributed by atoms with Crippen molar-refractivity contribution in [1.29, 1.82) is 0 Å². The van der Waals surface area contributed by atoms with E-state index in [4.69, 9.17) is 4.74 Å². The third kappa shape index (κ3) is 5.39. The van der Waals surface area contributed by atoms with Crippen LogP contribution >= 0.6 is 0 Å². The Morgan fingerprint density at radius 3 is 2.52 bits per heavy atom. The summed E-state index contributed by atoms with van der Waals surface area (Å²) in [4.78, 5) is 19.9. The Hall–Kier alpha value is -0.690. The average Bonchev–Trinajstić information content (AvgIpc) is 3.16. The lowest BCUT2D eigenvalue weighted by Crippen LogP contribution is -2.56. The van der Waals surface area contributed by atoms with Gasteiger partial charge in [0.15, 0.2) is 0 Å².